The standard InChI is InChI=1S/C32H40N8O4/c1-2-34-30(43)27-25(41)26(42)31(44-27)40-18-36-24-28(38-32(39-29(24)40)37-22-15-13-21(33)14-16-22)35-17-23(19-9-5-3-6-10-19)20-11-7-4-8-12-20/h3-12,18,21-23,25-27,31,41-42H,2,13-17,33H2,1H3,(H,34,43)(H2,35,37,38,39)/t21?,22?,25-,26+,27-,31?/m0/s1/i1D. The number of carbonyl (C=O) groups is 1. The molecule has 1 amide bonds. The van der Waals surface area contributed by atoms with E-state index < -0.39 is 30.4 Å². The molecule has 2 aromatic carbocycles. The van der Waals surface area contributed by atoms with E-state index in [2.05, 4.69) is 45.2 Å². The van der Waals surface area contributed by atoms with Crippen LogP contribution in [0.4, 0.5) is 11.8 Å². The van der Waals surface area contributed by atoms with Crippen LogP contribution in [0.3, 0.4) is 0 Å². The predicted molar refractivity (Wildman–Crippen MR) is 167 cm³/mol. The van der Waals surface area contributed by atoms with Crippen LogP contribution in [-0.4, -0.2) is 79.1 Å². The molecule has 2 aromatic heterocycles. The molecule has 1 saturated carbocycles. The third-order valence-corrected chi connectivity index (χ3v) is 8.47. The van der Waals surface area contributed by atoms with Gasteiger partial charge in [0, 0.05) is 32.5 Å². The van der Waals surface area contributed by atoms with E-state index in [4.69, 9.17) is 21.8 Å². The number of hydrogen-bond acceptors (Lipinski definition) is 10. The minimum Gasteiger partial charge on any atom is -0.387 e. The maximum Gasteiger partial charge on any atom is 0.252 e. The molecule has 1 aliphatic carbocycles. The van der Waals surface area contributed by atoms with Gasteiger partial charge in [0.15, 0.2) is 29.3 Å². The van der Waals surface area contributed by atoms with E-state index in [-0.39, 0.29) is 31.4 Å². The number of aliphatic hydroxyl groups excluding tert-OH is 2. The number of nitrogens with zero attached hydrogens (tertiary/aromatic N) is 4. The fraction of sp³-hybridized carbons (Fsp3) is 0.438. The minimum atomic E-state index is -1.47. The van der Waals surface area contributed by atoms with Gasteiger partial charge < -0.3 is 36.6 Å². The van der Waals surface area contributed by atoms with Crippen molar-refractivity contribution < 1.29 is 21.1 Å². The molecule has 1 saturated heterocycles. The number of aromatic nitrogens is 4. The van der Waals surface area contributed by atoms with Crippen LogP contribution in [0.1, 0.15) is 57.2 Å². The average molecular weight is 602 g/mol. The molecule has 44 heavy (non-hydrogen) atoms. The number of ether oxygens (including phenoxy) is 1. The quantitative estimate of drug-likeness (QED) is 0.159. The number of nitrogens with two attached hydrogens (primary N) is 1. The Morgan fingerprint density at radius 2 is 1.73 bits per heavy atom. The van der Waals surface area contributed by atoms with Crippen LogP contribution in [0, 0.1) is 0 Å². The Bertz CT molecular complexity index is 1530. The summed E-state index contributed by atoms with van der Waals surface area (Å²) in [7, 11) is 0. The monoisotopic (exact) mass is 601 g/mol. The number of anilines is 2. The van der Waals surface area contributed by atoms with Crippen LogP contribution >= 0.6 is 0 Å². The Balaban J connectivity index is 1.33. The molecule has 0 radical (unpaired) electrons. The normalized spacial score (nSPS) is 25.6. The van der Waals surface area contributed by atoms with E-state index >= 15 is 0 Å². The summed E-state index contributed by atoms with van der Waals surface area (Å²) >= 11 is 0. The lowest BCUT2D eigenvalue weighted by atomic mass is 9.91. The Hall–Kier alpha value is -4.10. The average Bonchev–Trinajstić information content (AvgIpc) is 3.62. The van der Waals surface area contributed by atoms with E-state index in [0.29, 0.717) is 29.5 Å². The van der Waals surface area contributed by atoms with Crippen molar-refractivity contribution in [1.29, 1.82) is 0 Å². The van der Waals surface area contributed by atoms with Crippen molar-refractivity contribution in [3.8, 4) is 0 Å². The number of aliphatic hydroxyl groups is 2. The summed E-state index contributed by atoms with van der Waals surface area (Å²) in [5.41, 5.74) is 9.27. The Morgan fingerprint density at radius 3 is 2.39 bits per heavy atom. The summed E-state index contributed by atoms with van der Waals surface area (Å²) in [6, 6.07) is 20.8. The molecular formula is C32H40N8O4. The van der Waals surface area contributed by atoms with Gasteiger partial charge in [0.05, 0.1) is 6.33 Å². The lowest BCUT2D eigenvalue weighted by Gasteiger charge is -2.27. The summed E-state index contributed by atoms with van der Waals surface area (Å²) in [6.45, 7) is 0.609. The fourth-order valence-electron chi connectivity index (χ4n) is 6.06. The first-order chi connectivity index (χ1) is 21.9. The SMILES string of the molecule is [2H]CCNC(=O)[C@H]1OC(n2cnc3c(NCC(c4ccccc4)c4ccccc4)nc(NC4CCC(N)CC4)nc32)[C@H](O)[C@@H]1O. The summed E-state index contributed by atoms with van der Waals surface area (Å²) in [4.78, 5) is 26.8. The summed E-state index contributed by atoms with van der Waals surface area (Å²) in [6.07, 6.45) is -0.260. The minimum absolute atomic E-state index is 0.0164. The number of likely N-dealkylation sites (N-methyl/N-ethyl adjacent to an activating group) is 1. The lowest BCUT2D eigenvalue weighted by molar-refractivity contribution is -0.137. The molecule has 0 bridgehead atoms. The fourth-order valence-corrected chi connectivity index (χ4v) is 6.06. The highest BCUT2D eigenvalue weighted by atomic mass is 16.6. The van der Waals surface area contributed by atoms with Crippen LogP contribution in [-0.2, 0) is 9.53 Å². The van der Waals surface area contributed by atoms with Gasteiger partial charge in [-0.2, -0.15) is 9.97 Å². The van der Waals surface area contributed by atoms with E-state index in [1.54, 1.807) is 0 Å². The molecule has 6 rings (SSSR count). The molecular weight excluding hydrogens is 560 g/mol. The van der Waals surface area contributed by atoms with E-state index in [1.165, 1.54) is 10.9 Å². The largest absolute Gasteiger partial charge is 0.387 e. The number of amides is 1. The van der Waals surface area contributed by atoms with Gasteiger partial charge in [0.25, 0.3) is 5.91 Å². The number of imidazole rings is 1. The van der Waals surface area contributed by atoms with E-state index in [9.17, 15) is 15.0 Å². The number of carbonyl (C=O) groups excluding carboxylic acids is 1. The van der Waals surface area contributed by atoms with E-state index in [1.807, 2.05) is 36.4 Å². The van der Waals surface area contributed by atoms with Crippen LogP contribution in [0.2, 0.25) is 0 Å². The Morgan fingerprint density at radius 1 is 1.05 bits per heavy atom. The summed E-state index contributed by atoms with van der Waals surface area (Å²) < 4.78 is 14.7. The van der Waals surface area contributed by atoms with Crippen molar-refractivity contribution in [2.45, 2.75) is 75.1 Å². The zero-order chi connectivity index (χ0) is 31.3. The van der Waals surface area contributed by atoms with Crippen molar-refractivity contribution in [2.24, 2.45) is 5.73 Å². The van der Waals surface area contributed by atoms with Gasteiger partial charge in [0.2, 0.25) is 5.95 Å². The number of rotatable bonds is 10. The smallest absolute Gasteiger partial charge is 0.252 e. The summed E-state index contributed by atoms with van der Waals surface area (Å²) in [5, 5.41) is 31.2. The molecule has 12 heteroatoms. The highest BCUT2D eigenvalue weighted by Gasteiger charge is 2.47. The first kappa shape index (κ1) is 28.7. The molecule has 4 aromatic rings. The van der Waals surface area contributed by atoms with Crippen LogP contribution in [0.5, 0.6) is 0 Å². The maximum absolute atomic E-state index is 12.6. The van der Waals surface area contributed by atoms with Crippen molar-refractivity contribution in [1.82, 2.24) is 24.8 Å². The molecule has 7 N–H and O–H groups in total. The molecule has 1 unspecified atom stereocenters. The first-order valence-corrected chi connectivity index (χ1v) is 15.1. The van der Waals surface area contributed by atoms with E-state index in [0.717, 1.165) is 36.8 Å². The number of nitrogens with one attached hydrogen (secondary N) is 3. The number of fused-ring (bicyclic) bond motifs is 1. The van der Waals surface area contributed by atoms with Gasteiger partial charge in [0.1, 0.15) is 12.2 Å². The van der Waals surface area contributed by atoms with Crippen LogP contribution in [0.25, 0.3) is 11.2 Å². The van der Waals surface area contributed by atoms with Gasteiger partial charge in [-0.3, -0.25) is 9.36 Å². The predicted octanol–water partition coefficient (Wildman–Crippen LogP) is 2.51. The molecule has 2 aliphatic rings. The zero-order valence-electron chi connectivity index (χ0n) is 25.4. The molecule has 12 nitrogen and oxygen atoms in total. The molecule has 0 spiro atoms. The van der Waals surface area contributed by atoms with Crippen molar-refractivity contribution in [2.75, 3.05) is 23.7 Å². The maximum atomic E-state index is 12.6. The summed E-state index contributed by atoms with van der Waals surface area (Å²) in [5.74, 6) is 0.321. The van der Waals surface area contributed by atoms with Crippen molar-refractivity contribution in [3.05, 3.63) is 78.1 Å². The third kappa shape index (κ3) is 6.25. The Labute approximate surface area is 257 Å². The highest BCUT2D eigenvalue weighted by molar-refractivity contribution is 5.85. The molecule has 4 atom stereocenters. The molecule has 232 valence electrons. The van der Waals surface area contributed by atoms with Gasteiger partial charge in [-0.05, 0) is 43.7 Å². The topological polar surface area (TPSA) is 172 Å². The van der Waals surface area contributed by atoms with Crippen LogP contribution in [0.15, 0.2) is 67.0 Å². The highest BCUT2D eigenvalue weighted by Crippen LogP contribution is 2.34. The first-order valence-electron chi connectivity index (χ1n) is 15.8. The lowest BCUT2D eigenvalue weighted by Crippen LogP contribution is -2.42. The molecule has 3 heterocycles. The van der Waals surface area contributed by atoms with Gasteiger partial charge in [-0.1, -0.05) is 60.7 Å². The second kappa shape index (κ2) is 13.3. The third-order valence-electron chi connectivity index (χ3n) is 8.47. The molecule has 1 aliphatic heterocycles. The molecule has 2 fully saturated rings. The van der Waals surface area contributed by atoms with Gasteiger partial charge in [-0.15, -0.1) is 0 Å². The van der Waals surface area contributed by atoms with Crippen molar-refractivity contribution in [3.63, 3.8) is 0 Å². The zero-order valence-corrected chi connectivity index (χ0v) is 24.4. The van der Waals surface area contributed by atoms with Crippen molar-refractivity contribution >= 4 is 28.8 Å². The Kier molecular flexibility index (Phi) is 8.64. The van der Waals surface area contributed by atoms with Crippen LogP contribution < -0.4 is 21.7 Å². The number of hydrogen-bond donors (Lipinski definition) is 6. The second-order valence-corrected chi connectivity index (χ2v) is 11.5. The second-order valence-electron chi connectivity index (χ2n) is 11.5. The van der Waals surface area contributed by atoms with Gasteiger partial charge in [-0.25, -0.2) is 4.98 Å². The van der Waals surface area contributed by atoms with Gasteiger partial charge >= 0.3 is 0 Å². The number of benzene rings is 2.